The van der Waals surface area contributed by atoms with Crippen LogP contribution in [0.4, 0.5) is 4.39 Å². The molecular weight excluding hydrogens is 483 g/mol. The molecule has 3 N–H and O–H groups in total. The first kappa shape index (κ1) is 27.7. The Hall–Kier alpha value is -3.29. The van der Waals surface area contributed by atoms with Crippen LogP contribution in [0.5, 0.6) is 0 Å². The zero-order valence-corrected chi connectivity index (χ0v) is 22.3. The predicted octanol–water partition coefficient (Wildman–Crippen LogP) is 5.57. The number of rotatable bonds is 9. The third kappa shape index (κ3) is 6.77. The molecule has 3 atom stereocenters. The van der Waals surface area contributed by atoms with Gasteiger partial charge >= 0.3 is 5.97 Å². The van der Waals surface area contributed by atoms with E-state index in [1.165, 1.54) is 23.3 Å². The zero-order chi connectivity index (χ0) is 27.4. The number of aliphatic hydroxyl groups excluding tert-OH is 2. The number of aromatic nitrogens is 2. The Bertz CT molecular complexity index is 1270. The van der Waals surface area contributed by atoms with Crippen LogP contribution in [0.1, 0.15) is 80.5 Å². The SMILES string of the molecule is CC(C)(C)c1ccc(CC2CCCc3c2nn(-c2ccc(F)cc2)c3C=CC(O)CC(O)CC(=O)O)cc1. The van der Waals surface area contributed by atoms with Gasteiger partial charge in [-0.05, 0) is 72.6 Å². The van der Waals surface area contributed by atoms with Crippen molar-refractivity contribution < 1.29 is 24.5 Å². The Labute approximate surface area is 223 Å². The molecule has 0 aliphatic heterocycles. The summed E-state index contributed by atoms with van der Waals surface area (Å²) in [5, 5.41) is 34.2. The molecule has 3 aromatic rings. The van der Waals surface area contributed by atoms with Gasteiger partial charge in [-0.15, -0.1) is 0 Å². The molecule has 0 fully saturated rings. The summed E-state index contributed by atoms with van der Waals surface area (Å²) in [5.74, 6) is -1.21. The quantitative estimate of drug-likeness (QED) is 0.343. The van der Waals surface area contributed by atoms with Gasteiger partial charge < -0.3 is 15.3 Å². The van der Waals surface area contributed by atoms with Crippen LogP contribution in [0.25, 0.3) is 11.8 Å². The molecule has 38 heavy (non-hydrogen) atoms. The van der Waals surface area contributed by atoms with Crippen molar-refractivity contribution >= 4 is 12.0 Å². The first-order valence-electron chi connectivity index (χ1n) is 13.2. The third-order valence-corrected chi connectivity index (χ3v) is 7.19. The van der Waals surface area contributed by atoms with Crippen molar-refractivity contribution in [1.82, 2.24) is 9.78 Å². The number of carbonyl (C=O) groups is 1. The van der Waals surface area contributed by atoms with E-state index in [2.05, 4.69) is 45.0 Å². The van der Waals surface area contributed by atoms with E-state index in [1.807, 2.05) is 0 Å². The molecule has 7 heteroatoms. The minimum atomic E-state index is -1.14. The van der Waals surface area contributed by atoms with E-state index < -0.39 is 24.6 Å². The molecule has 0 saturated carbocycles. The minimum Gasteiger partial charge on any atom is -0.481 e. The summed E-state index contributed by atoms with van der Waals surface area (Å²) in [7, 11) is 0. The molecule has 0 bridgehead atoms. The van der Waals surface area contributed by atoms with Gasteiger partial charge in [0.1, 0.15) is 5.82 Å². The maximum Gasteiger partial charge on any atom is 0.305 e. The van der Waals surface area contributed by atoms with Gasteiger partial charge in [0.2, 0.25) is 0 Å². The smallest absolute Gasteiger partial charge is 0.305 e. The lowest BCUT2D eigenvalue weighted by Crippen LogP contribution is -2.19. The standard InChI is InChI=1S/C31H37FN2O4/c1-31(2,3)22-9-7-20(8-10-22)17-21-5-4-6-27-28(16-15-25(35)18-26(36)19-29(37)38)34(33-30(21)27)24-13-11-23(32)12-14-24/h7-16,21,25-26,35-36H,4-6,17-19H2,1-3H3,(H,37,38). The number of hydrogen-bond acceptors (Lipinski definition) is 4. The molecule has 1 aliphatic rings. The van der Waals surface area contributed by atoms with E-state index >= 15 is 0 Å². The summed E-state index contributed by atoms with van der Waals surface area (Å²) in [5.41, 5.74) is 6.30. The lowest BCUT2D eigenvalue weighted by molar-refractivity contribution is -0.139. The highest BCUT2D eigenvalue weighted by Gasteiger charge is 2.28. The number of benzene rings is 2. The lowest BCUT2D eigenvalue weighted by Gasteiger charge is -2.23. The van der Waals surface area contributed by atoms with Crippen LogP contribution in [-0.4, -0.2) is 43.3 Å². The number of hydrogen-bond donors (Lipinski definition) is 3. The van der Waals surface area contributed by atoms with Crippen LogP contribution in [0.3, 0.4) is 0 Å². The maximum atomic E-state index is 13.7. The van der Waals surface area contributed by atoms with Crippen LogP contribution >= 0.6 is 0 Å². The summed E-state index contributed by atoms with van der Waals surface area (Å²) < 4.78 is 15.5. The van der Waals surface area contributed by atoms with Gasteiger partial charge in [0.05, 0.1) is 35.7 Å². The molecule has 0 spiro atoms. The maximum absolute atomic E-state index is 13.7. The van der Waals surface area contributed by atoms with Crippen LogP contribution < -0.4 is 0 Å². The van der Waals surface area contributed by atoms with E-state index in [-0.39, 0.29) is 23.6 Å². The van der Waals surface area contributed by atoms with E-state index in [0.717, 1.165) is 42.6 Å². The second-order valence-corrected chi connectivity index (χ2v) is 11.3. The van der Waals surface area contributed by atoms with E-state index in [9.17, 15) is 19.4 Å². The topological polar surface area (TPSA) is 95.6 Å². The van der Waals surface area contributed by atoms with Crippen LogP contribution in [0.2, 0.25) is 0 Å². The number of carboxylic acid groups (broad SMARTS) is 1. The van der Waals surface area contributed by atoms with Crippen molar-refractivity contribution in [1.29, 1.82) is 0 Å². The van der Waals surface area contributed by atoms with Crippen molar-refractivity contribution in [3.63, 3.8) is 0 Å². The van der Waals surface area contributed by atoms with Crippen molar-refractivity contribution in [3.8, 4) is 5.69 Å². The van der Waals surface area contributed by atoms with Gasteiger partial charge in [-0.25, -0.2) is 9.07 Å². The van der Waals surface area contributed by atoms with Crippen LogP contribution in [-0.2, 0) is 23.1 Å². The molecular formula is C31H37FN2O4. The Morgan fingerprint density at radius 2 is 1.82 bits per heavy atom. The lowest BCUT2D eigenvalue weighted by atomic mass is 9.82. The molecule has 0 amide bonds. The molecule has 1 heterocycles. The molecule has 1 aromatic heterocycles. The average molecular weight is 521 g/mol. The summed E-state index contributed by atoms with van der Waals surface area (Å²) in [6, 6.07) is 15.0. The van der Waals surface area contributed by atoms with Gasteiger partial charge in [-0.1, -0.05) is 51.1 Å². The third-order valence-electron chi connectivity index (χ3n) is 7.19. The van der Waals surface area contributed by atoms with E-state index in [0.29, 0.717) is 5.69 Å². The Morgan fingerprint density at radius 3 is 2.45 bits per heavy atom. The molecule has 2 aromatic carbocycles. The number of aliphatic carboxylic acids is 1. The second-order valence-electron chi connectivity index (χ2n) is 11.3. The van der Waals surface area contributed by atoms with Gasteiger partial charge in [0, 0.05) is 17.9 Å². The van der Waals surface area contributed by atoms with Crippen LogP contribution in [0, 0.1) is 5.82 Å². The van der Waals surface area contributed by atoms with Crippen molar-refractivity contribution in [2.45, 2.75) is 82.8 Å². The molecule has 6 nitrogen and oxygen atoms in total. The number of fused-ring (bicyclic) bond motifs is 1. The normalized spacial score (nSPS) is 17.4. The predicted molar refractivity (Wildman–Crippen MR) is 146 cm³/mol. The largest absolute Gasteiger partial charge is 0.481 e. The zero-order valence-electron chi connectivity index (χ0n) is 22.3. The van der Waals surface area contributed by atoms with Crippen molar-refractivity contribution in [2.75, 3.05) is 0 Å². The van der Waals surface area contributed by atoms with Gasteiger partial charge in [-0.3, -0.25) is 4.79 Å². The second kappa shape index (κ2) is 11.6. The van der Waals surface area contributed by atoms with Gasteiger partial charge in [0.15, 0.2) is 0 Å². The van der Waals surface area contributed by atoms with Crippen molar-refractivity contribution in [3.05, 3.63) is 88.5 Å². The summed E-state index contributed by atoms with van der Waals surface area (Å²) in [6.07, 6.45) is 4.42. The molecule has 3 unspecified atom stereocenters. The highest BCUT2D eigenvalue weighted by atomic mass is 19.1. The molecule has 0 saturated heterocycles. The summed E-state index contributed by atoms with van der Waals surface area (Å²) in [4.78, 5) is 10.8. The molecule has 4 rings (SSSR count). The van der Waals surface area contributed by atoms with Gasteiger partial charge in [0.25, 0.3) is 0 Å². The van der Waals surface area contributed by atoms with E-state index in [4.69, 9.17) is 10.2 Å². The van der Waals surface area contributed by atoms with Gasteiger partial charge in [-0.2, -0.15) is 5.10 Å². The minimum absolute atomic E-state index is 0.0805. The highest BCUT2D eigenvalue weighted by Crippen LogP contribution is 2.37. The summed E-state index contributed by atoms with van der Waals surface area (Å²) in [6.45, 7) is 6.61. The first-order chi connectivity index (χ1) is 18.0. The fourth-order valence-electron chi connectivity index (χ4n) is 5.15. The Balaban J connectivity index is 1.65. The van der Waals surface area contributed by atoms with E-state index in [1.54, 1.807) is 29.0 Å². The average Bonchev–Trinajstić information content (AvgIpc) is 3.22. The number of aliphatic hydroxyl groups is 2. The number of halogens is 1. The fourth-order valence-corrected chi connectivity index (χ4v) is 5.15. The molecule has 1 aliphatic carbocycles. The number of nitrogens with zero attached hydrogens (tertiary/aromatic N) is 2. The monoisotopic (exact) mass is 520 g/mol. The van der Waals surface area contributed by atoms with Crippen molar-refractivity contribution in [2.24, 2.45) is 0 Å². The Kier molecular flexibility index (Phi) is 8.48. The van der Waals surface area contributed by atoms with Crippen LogP contribution in [0.15, 0.2) is 54.6 Å². The fraction of sp³-hybridized carbons (Fsp3) is 0.419. The summed E-state index contributed by atoms with van der Waals surface area (Å²) >= 11 is 0. The molecule has 202 valence electrons. The Morgan fingerprint density at radius 1 is 1.13 bits per heavy atom. The molecule has 0 radical (unpaired) electrons. The first-order valence-corrected chi connectivity index (χ1v) is 13.2. The number of carboxylic acids is 1. The highest BCUT2D eigenvalue weighted by molar-refractivity contribution is 5.67.